The monoisotopic (exact) mass is 178 g/mol. The molecule has 2 aromatic rings. The van der Waals surface area contributed by atoms with Crippen molar-refractivity contribution in [1.82, 2.24) is 9.55 Å². The van der Waals surface area contributed by atoms with E-state index in [1.807, 2.05) is 18.4 Å². The van der Waals surface area contributed by atoms with Crippen molar-refractivity contribution >= 4 is 11.0 Å². The highest BCUT2D eigenvalue weighted by molar-refractivity contribution is 5.75. The van der Waals surface area contributed by atoms with Gasteiger partial charge >= 0.3 is 0 Å². The molecule has 13 heavy (non-hydrogen) atoms. The smallest absolute Gasteiger partial charge is 0.125 e. The summed E-state index contributed by atoms with van der Waals surface area (Å²) in [5.41, 5.74) is 1.70. The molecule has 2 nitrogen and oxygen atoms in total. The summed E-state index contributed by atoms with van der Waals surface area (Å²) >= 11 is 0. The van der Waals surface area contributed by atoms with Crippen molar-refractivity contribution < 1.29 is 4.39 Å². The van der Waals surface area contributed by atoms with Crippen LogP contribution >= 0.6 is 0 Å². The molecular weight excluding hydrogens is 167 g/mol. The second kappa shape index (κ2) is 2.83. The Labute approximate surface area is 76.0 Å². The van der Waals surface area contributed by atoms with Gasteiger partial charge in [0.05, 0.1) is 17.4 Å². The number of fused-ring (bicyclic) bond motifs is 1. The number of aromatic nitrogens is 2. The van der Waals surface area contributed by atoms with Gasteiger partial charge in [0.15, 0.2) is 0 Å². The van der Waals surface area contributed by atoms with Gasteiger partial charge < -0.3 is 4.57 Å². The zero-order valence-electron chi connectivity index (χ0n) is 7.66. The summed E-state index contributed by atoms with van der Waals surface area (Å²) in [5.74, 6) is -0.213. The number of imidazole rings is 1. The summed E-state index contributed by atoms with van der Waals surface area (Å²) in [7, 11) is 0. The van der Waals surface area contributed by atoms with E-state index in [4.69, 9.17) is 0 Å². The average Bonchev–Trinajstić information content (AvgIpc) is 2.46. The molecule has 0 spiro atoms. The highest BCUT2D eigenvalue weighted by atomic mass is 19.1. The minimum absolute atomic E-state index is 0.213. The average molecular weight is 178 g/mol. The van der Waals surface area contributed by atoms with Gasteiger partial charge in [-0.2, -0.15) is 0 Å². The Morgan fingerprint density at radius 1 is 1.38 bits per heavy atom. The summed E-state index contributed by atoms with van der Waals surface area (Å²) in [5, 5.41) is 0. The number of hydrogen-bond donors (Lipinski definition) is 0. The van der Waals surface area contributed by atoms with Gasteiger partial charge in [-0.3, -0.25) is 0 Å². The molecule has 0 unspecified atom stereocenters. The van der Waals surface area contributed by atoms with Crippen molar-refractivity contribution in [2.75, 3.05) is 0 Å². The van der Waals surface area contributed by atoms with Crippen LogP contribution in [0.25, 0.3) is 11.0 Å². The number of nitrogens with zero attached hydrogens (tertiary/aromatic N) is 2. The molecular formula is C10H11FN2. The first-order valence-corrected chi connectivity index (χ1v) is 4.30. The molecule has 0 N–H and O–H groups in total. The summed E-state index contributed by atoms with van der Waals surface area (Å²) < 4.78 is 14.9. The summed E-state index contributed by atoms with van der Waals surface area (Å²) in [4.78, 5) is 4.18. The van der Waals surface area contributed by atoms with Crippen molar-refractivity contribution in [3.8, 4) is 0 Å². The Morgan fingerprint density at radius 3 is 2.85 bits per heavy atom. The van der Waals surface area contributed by atoms with Gasteiger partial charge in [-0.25, -0.2) is 9.37 Å². The third kappa shape index (κ3) is 1.30. The summed E-state index contributed by atoms with van der Waals surface area (Å²) in [6.45, 7) is 4.10. The minimum atomic E-state index is -0.213. The molecule has 1 aromatic carbocycles. The van der Waals surface area contributed by atoms with Crippen LogP contribution in [-0.2, 0) is 0 Å². The Kier molecular flexibility index (Phi) is 1.79. The van der Waals surface area contributed by atoms with Crippen molar-refractivity contribution in [2.45, 2.75) is 19.9 Å². The zero-order valence-corrected chi connectivity index (χ0v) is 7.66. The van der Waals surface area contributed by atoms with Crippen LogP contribution in [0.3, 0.4) is 0 Å². The first kappa shape index (κ1) is 8.23. The number of benzene rings is 1. The Hall–Kier alpha value is -1.38. The first-order chi connectivity index (χ1) is 6.18. The summed E-state index contributed by atoms with van der Waals surface area (Å²) in [6.07, 6.45) is 1.74. The van der Waals surface area contributed by atoms with Crippen LogP contribution in [0.4, 0.5) is 4.39 Å². The fourth-order valence-corrected chi connectivity index (χ4v) is 1.41. The second-order valence-electron chi connectivity index (χ2n) is 3.38. The molecule has 2 rings (SSSR count). The van der Waals surface area contributed by atoms with E-state index in [2.05, 4.69) is 4.98 Å². The molecule has 0 amide bonds. The van der Waals surface area contributed by atoms with Crippen LogP contribution in [0.2, 0.25) is 0 Å². The molecule has 0 aliphatic heterocycles. The van der Waals surface area contributed by atoms with Crippen LogP contribution in [-0.4, -0.2) is 9.55 Å². The van der Waals surface area contributed by atoms with E-state index in [0.717, 1.165) is 11.0 Å². The molecule has 0 saturated heterocycles. The maximum absolute atomic E-state index is 12.9. The van der Waals surface area contributed by atoms with Crippen molar-refractivity contribution in [2.24, 2.45) is 0 Å². The molecule has 0 radical (unpaired) electrons. The predicted octanol–water partition coefficient (Wildman–Crippen LogP) is 2.76. The fraction of sp³-hybridized carbons (Fsp3) is 0.300. The van der Waals surface area contributed by atoms with E-state index in [0.29, 0.717) is 6.04 Å². The van der Waals surface area contributed by atoms with Crippen LogP contribution in [0.1, 0.15) is 19.9 Å². The van der Waals surface area contributed by atoms with Crippen molar-refractivity contribution in [3.05, 3.63) is 30.3 Å². The molecule has 68 valence electrons. The molecule has 0 aliphatic rings. The number of halogens is 1. The van der Waals surface area contributed by atoms with Gasteiger partial charge in [0.1, 0.15) is 5.82 Å². The highest BCUT2D eigenvalue weighted by Crippen LogP contribution is 2.17. The Balaban J connectivity index is 2.71. The lowest BCUT2D eigenvalue weighted by molar-refractivity contribution is 0.609. The fourth-order valence-electron chi connectivity index (χ4n) is 1.41. The minimum Gasteiger partial charge on any atom is -0.328 e. The van der Waals surface area contributed by atoms with Crippen molar-refractivity contribution in [3.63, 3.8) is 0 Å². The predicted molar refractivity (Wildman–Crippen MR) is 50.1 cm³/mol. The van der Waals surface area contributed by atoms with Gasteiger partial charge in [0.2, 0.25) is 0 Å². The lowest BCUT2D eigenvalue weighted by Crippen LogP contribution is -1.97. The maximum atomic E-state index is 12.9. The molecule has 1 heterocycles. The van der Waals surface area contributed by atoms with E-state index in [1.54, 1.807) is 12.4 Å². The quantitative estimate of drug-likeness (QED) is 0.656. The third-order valence-electron chi connectivity index (χ3n) is 2.09. The van der Waals surface area contributed by atoms with Crippen molar-refractivity contribution in [1.29, 1.82) is 0 Å². The highest BCUT2D eigenvalue weighted by Gasteiger charge is 2.05. The van der Waals surface area contributed by atoms with E-state index >= 15 is 0 Å². The van der Waals surface area contributed by atoms with E-state index in [1.165, 1.54) is 12.1 Å². The standard InChI is InChI=1S/C10H11FN2/c1-7(2)13-6-12-9-4-3-8(11)5-10(9)13/h3-7H,1-2H3. The molecule has 0 fully saturated rings. The van der Waals surface area contributed by atoms with Crippen LogP contribution in [0.5, 0.6) is 0 Å². The molecule has 0 aliphatic carbocycles. The van der Waals surface area contributed by atoms with Gasteiger partial charge in [-0.05, 0) is 32.0 Å². The van der Waals surface area contributed by atoms with Gasteiger partial charge in [-0.1, -0.05) is 0 Å². The largest absolute Gasteiger partial charge is 0.328 e. The van der Waals surface area contributed by atoms with Gasteiger partial charge in [0.25, 0.3) is 0 Å². The third-order valence-corrected chi connectivity index (χ3v) is 2.09. The lowest BCUT2D eigenvalue weighted by Gasteiger charge is -2.07. The molecule has 0 bridgehead atoms. The zero-order chi connectivity index (χ0) is 9.42. The van der Waals surface area contributed by atoms with E-state index in [-0.39, 0.29) is 5.82 Å². The molecule has 0 atom stereocenters. The number of rotatable bonds is 1. The second-order valence-corrected chi connectivity index (χ2v) is 3.38. The molecule has 1 aromatic heterocycles. The Bertz CT molecular complexity index is 431. The molecule has 0 saturated carbocycles. The number of hydrogen-bond acceptors (Lipinski definition) is 1. The van der Waals surface area contributed by atoms with E-state index < -0.39 is 0 Å². The maximum Gasteiger partial charge on any atom is 0.125 e. The van der Waals surface area contributed by atoms with Crippen LogP contribution in [0.15, 0.2) is 24.5 Å². The normalized spacial score (nSPS) is 11.4. The lowest BCUT2D eigenvalue weighted by atomic mass is 10.3. The van der Waals surface area contributed by atoms with Crippen LogP contribution in [0, 0.1) is 5.82 Å². The Morgan fingerprint density at radius 2 is 2.15 bits per heavy atom. The first-order valence-electron chi connectivity index (χ1n) is 4.30. The molecule has 3 heteroatoms. The van der Waals surface area contributed by atoms with Gasteiger partial charge in [-0.15, -0.1) is 0 Å². The SMILES string of the molecule is CC(C)n1cnc2ccc(F)cc21. The van der Waals surface area contributed by atoms with E-state index in [9.17, 15) is 4.39 Å². The van der Waals surface area contributed by atoms with Crippen LogP contribution < -0.4 is 0 Å². The topological polar surface area (TPSA) is 17.8 Å². The van der Waals surface area contributed by atoms with Gasteiger partial charge in [0, 0.05) is 6.04 Å². The summed E-state index contributed by atoms with van der Waals surface area (Å²) in [6, 6.07) is 4.96.